The maximum atomic E-state index is 2.59. The summed E-state index contributed by atoms with van der Waals surface area (Å²) in [7, 11) is 2.14. The second-order valence-corrected chi connectivity index (χ2v) is 11.1. The maximum Gasteiger partial charge on any atom is 0.214 e. The van der Waals surface area contributed by atoms with E-state index in [1.54, 1.807) is 0 Å². The molecule has 0 saturated carbocycles. The van der Waals surface area contributed by atoms with E-state index in [0.29, 0.717) is 0 Å². The van der Waals surface area contributed by atoms with Gasteiger partial charge in [-0.25, -0.2) is 4.57 Å². The summed E-state index contributed by atoms with van der Waals surface area (Å²) < 4.78 is 4.83. The quantitative estimate of drug-likeness (QED) is 0.205. The standard InChI is InChI=1S/C38H38N2/c1-6-38(7-2)35(24-30-17-11-12-18-31(30)36-22-21-27(3)25-39(36)5)32-19-13-14-20-33(32)37-23-28(4)34(26-40(37)38)29-15-9-8-10-16-29/h8-26H,6-7H2,1-5H3/q+2. The highest BCUT2D eigenvalue weighted by atomic mass is 15.1. The van der Waals surface area contributed by atoms with E-state index in [-0.39, 0.29) is 5.54 Å². The van der Waals surface area contributed by atoms with Crippen LogP contribution in [-0.2, 0) is 12.6 Å². The van der Waals surface area contributed by atoms with Crippen molar-refractivity contribution in [1.82, 2.24) is 0 Å². The number of pyridine rings is 2. The fourth-order valence-electron chi connectivity index (χ4n) is 6.68. The normalized spacial score (nSPS) is 14.6. The predicted molar refractivity (Wildman–Crippen MR) is 166 cm³/mol. The van der Waals surface area contributed by atoms with Crippen molar-refractivity contribution in [2.45, 2.75) is 46.1 Å². The lowest BCUT2D eigenvalue weighted by Gasteiger charge is -2.36. The first-order valence-electron chi connectivity index (χ1n) is 14.5. The van der Waals surface area contributed by atoms with Gasteiger partial charge in [0.2, 0.25) is 11.4 Å². The molecule has 0 fully saturated rings. The second-order valence-electron chi connectivity index (χ2n) is 11.1. The van der Waals surface area contributed by atoms with Crippen LogP contribution in [0.5, 0.6) is 0 Å². The van der Waals surface area contributed by atoms with Crippen LogP contribution in [0, 0.1) is 13.8 Å². The molecular formula is C38H38N2+2. The van der Waals surface area contributed by atoms with Crippen LogP contribution in [-0.4, -0.2) is 0 Å². The number of rotatable bonds is 5. The summed E-state index contributed by atoms with van der Waals surface area (Å²) in [6.07, 6.45) is 9.09. The van der Waals surface area contributed by atoms with Crippen LogP contribution >= 0.6 is 0 Å². The summed E-state index contributed by atoms with van der Waals surface area (Å²) in [5.74, 6) is 0. The van der Waals surface area contributed by atoms with Gasteiger partial charge < -0.3 is 0 Å². The lowest BCUT2D eigenvalue weighted by molar-refractivity contribution is -0.741. The van der Waals surface area contributed by atoms with Crippen molar-refractivity contribution in [3.63, 3.8) is 0 Å². The number of allylic oxidation sites excluding steroid dienone is 1. The number of benzene rings is 3. The molecular weight excluding hydrogens is 484 g/mol. The Labute approximate surface area is 238 Å². The number of nitrogens with zero attached hydrogens (tertiary/aromatic N) is 2. The minimum absolute atomic E-state index is 0.177. The molecule has 0 radical (unpaired) electrons. The van der Waals surface area contributed by atoms with E-state index in [9.17, 15) is 0 Å². The van der Waals surface area contributed by atoms with Crippen molar-refractivity contribution >= 4 is 11.6 Å². The molecule has 6 rings (SSSR count). The van der Waals surface area contributed by atoms with Crippen molar-refractivity contribution in [3.05, 3.63) is 132 Å². The number of aromatic nitrogens is 2. The second kappa shape index (κ2) is 10.4. The average molecular weight is 523 g/mol. The fraction of sp³-hybridized carbons (Fsp3) is 0.211. The van der Waals surface area contributed by atoms with Crippen LogP contribution < -0.4 is 9.13 Å². The Hall–Kier alpha value is -4.30. The van der Waals surface area contributed by atoms with Crippen LogP contribution in [0.3, 0.4) is 0 Å². The zero-order chi connectivity index (χ0) is 27.9. The molecule has 2 heteroatoms. The SMILES string of the molecule is CCC1(CC)C(=Cc2ccccc2-c2ccc(C)c[n+]2C)c2ccccc2-c2cc(C)c(-c3ccccc3)c[n+]21. The van der Waals surface area contributed by atoms with E-state index >= 15 is 0 Å². The van der Waals surface area contributed by atoms with E-state index in [2.05, 4.69) is 159 Å². The monoisotopic (exact) mass is 522 g/mol. The van der Waals surface area contributed by atoms with Gasteiger partial charge in [-0.3, -0.25) is 0 Å². The van der Waals surface area contributed by atoms with Gasteiger partial charge in [-0.2, -0.15) is 4.57 Å². The first-order chi connectivity index (χ1) is 19.5. The molecule has 0 amide bonds. The number of hydrogen-bond acceptors (Lipinski definition) is 0. The molecule has 198 valence electrons. The number of fused-ring (bicyclic) bond motifs is 3. The lowest BCUT2D eigenvalue weighted by Crippen LogP contribution is -2.59. The first-order valence-corrected chi connectivity index (χ1v) is 14.5. The molecule has 0 bridgehead atoms. The van der Waals surface area contributed by atoms with Crippen molar-refractivity contribution in [3.8, 4) is 33.6 Å². The van der Waals surface area contributed by atoms with Gasteiger partial charge in [0.1, 0.15) is 7.05 Å². The van der Waals surface area contributed by atoms with Gasteiger partial charge in [0.15, 0.2) is 17.9 Å². The molecule has 40 heavy (non-hydrogen) atoms. The summed E-state index contributed by atoms with van der Waals surface area (Å²) in [5.41, 5.74) is 14.0. The highest BCUT2D eigenvalue weighted by molar-refractivity contribution is 5.94. The van der Waals surface area contributed by atoms with E-state index in [0.717, 1.165) is 12.8 Å². The molecule has 0 N–H and O–H groups in total. The van der Waals surface area contributed by atoms with Crippen molar-refractivity contribution in [2.24, 2.45) is 7.05 Å². The summed E-state index contributed by atoms with van der Waals surface area (Å²) >= 11 is 0. The third-order valence-electron chi connectivity index (χ3n) is 8.82. The van der Waals surface area contributed by atoms with E-state index in [4.69, 9.17) is 0 Å². The molecule has 0 unspecified atom stereocenters. The van der Waals surface area contributed by atoms with E-state index < -0.39 is 0 Å². The molecule has 0 spiro atoms. The van der Waals surface area contributed by atoms with Crippen molar-refractivity contribution in [2.75, 3.05) is 0 Å². The van der Waals surface area contributed by atoms with Gasteiger partial charge in [-0.15, -0.1) is 0 Å². The zero-order valence-corrected chi connectivity index (χ0v) is 24.3. The number of aryl methyl sites for hydroxylation is 3. The Bertz CT molecular complexity index is 1740. The Morgan fingerprint density at radius 2 is 1.30 bits per heavy atom. The summed E-state index contributed by atoms with van der Waals surface area (Å²) in [6.45, 7) is 9.08. The molecule has 0 saturated heterocycles. The van der Waals surface area contributed by atoms with Gasteiger partial charge in [-0.1, -0.05) is 80.6 Å². The maximum absolute atomic E-state index is 2.59. The Morgan fingerprint density at radius 3 is 2.00 bits per heavy atom. The van der Waals surface area contributed by atoms with E-state index in [1.807, 2.05) is 0 Å². The zero-order valence-electron chi connectivity index (χ0n) is 24.3. The van der Waals surface area contributed by atoms with Crippen LogP contribution in [0.1, 0.15) is 48.9 Å². The Balaban J connectivity index is 1.64. The Morgan fingerprint density at radius 1 is 0.650 bits per heavy atom. The fourth-order valence-corrected chi connectivity index (χ4v) is 6.68. The third-order valence-corrected chi connectivity index (χ3v) is 8.82. The smallest absolute Gasteiger partial charge is 0.201 e. The van der Waals surface area contributed by atoms with E-state index in [1.165, 1.54) is 61.5 Å². The molecule has 3 heterocycles. The van der Waals surface area contributed by atoms with Crippen LogP contribution in [0.25, 0.3) is 45.3 Å². The minimum atomic E-state index is -0.177. The topological polar surface area (TPSA) is 7.76 Å². The molecule has 3 aromatic carbocycles. The Kier molecular flexibility index (Phi) is 6.72. The highest BCUT2D eigenvalue weighted by Crippen LogP contribution is 2.46. The first kappa shape index (κ1) is 26.0. The molecule has 2 aromatic heterocycles. The summed E-state index contributed by atoms with van der Waals surface area (Å²) in [5, 5.41) is 0. The third kappa shape index (κ3) is 4.19. The van der Waals surface area contributed by atoms with Crippen molar-refractivity contribution in [1.29, 1.82) is 0 Å². The summed E-state index contributed by atoms with van der Waals surface area (Å²) in [6, 6.07) is 35.5. The number of hydrogen-bond donors (Lipinski definition) is 0. The van der Waals surface area contributed by atoms with Crippen molar-refractivity contribution < 1.29 is 9.13 Å². The highest BCUT2D eigenvalue weighted by Gasteiger charge is 2.48. The lowest BCUT2D eigenvalue weighted by atomic mass is 9.73. The average Bonchev–Trinajstić information content (AvgIpc) is 2.98. The van der Waals surface area contributed by atoms with Crippen LogP contribution in [0.4, 0.5) is 0 Å². The van der Waals surface area contributed by atoms with Gasteiger partial charge in [0, 0.05) is 41.7 Å². The molecule has 0 atom stereocenters. The molecule has 1 aliphatic rings. The largest absolute Gasteiger partial charge is 0.214 e. The summed E-state index contributed by atoms with van der Waals surface area (Å²) in [4.78, 5) is 0. The molecule has 0 aliphatic carbocycles. The molecule has 5 aromatic rings. The predicted octanol–water partition coefficient (Wildman–Crippen LogP) is 8.49. The van der Waals surface area contributed by atoms with Gasteiger partial charge in [-0.05, 0) is 60.4 Å². The minimum Gasteiger partial charge on any atom is -0.201 e. The molecule has 1 aliphatic heterocycles. The van der Waals surface area contributed by atoms with Gasteiger partial charge in [0.25, 0.3) is 0 Å². The van der Waals surface area contributed by atoms with Crippen LogP contribution in [0.2, 0.25) is 0 Å². The van der Waals surface area contributed by atoms with Gasteiger partial charge in [0.05, 0.1) is 11.1 Å². The molecule has 2 nitrogen and oxygen atoms in total. The van der Waals surface area contributed by atoms with Gasteiger partial charge >= 0.3 is 0 Å². The van der Waals surface area contributed by atoms with Crippen LogP contribution in [0.15, 0.2) is 109 Å².